The molecule has 0 radical (unpaired) electrons. The summed E-state index contributed by atoms with van der Waals surface area (Å²) in [6.07, 6.45) is 52.7. The fourth-order valence-electron chi connectivity index (χ4n) is 7.80. The molecule has 0 amide bonds. The van der Waals surface area contributed by atoms with Crippen LogP contribution in [0.1, 0.15) is 278 Å². The van der Waals surface area contributed by atoms with Crippen LogP contribution in [0.25, 0.3) is 0 Å². The Morgan fingerprint density at radius 1 is 0.340 bits per heavy atom. The highest BCUT2D eigenvalue weighted by Gasteiger charge is 2.18. The number of carbonyl (C=O) groups is 1. The number of rotatable bonds is 46. The Balaban J connectivity index is 4.45. The van der Waals surface area contributed by atoms with E-state index in [-0.39, 0.29) is 18.2 Å². The van der Waals surface area contributed by atoms with Crippen LogP contribution in [0.15, 0.2) is 0 Å². The van der Waals surface area contributed by atoms with Crippen molar-refractivity contribution < 1.29 is 19.0 Å². The zero-order valence-electron chi connectivity index (χ0n) is 37.0. The smallest absolute Gasteiger partial charge is 0.308 e. The first-order valence-corrected chi connectivity index (χ1v) is 24.5. The van der Waals surface area contributed by atoms with Crippen molar-refractivity contribution >= 4 is 5.97 Å². The van der Waals surface area contributed by atoms with E-state index in [1.165, 1.54) is 232 Å². The molecule has 0 bridgehead atoms. The van der Waals surface area contributed by atoms with E-state index in [1.54, 1.807) is 0 Å². The largest absolute Gasteiger partial charge is 0.469 e. The van der Waals surface area contributed by atoms with Gasteiger partial charge in [-0.1, -0.05) is 239 Å². The summed E-state index contributed by atoms with van der Waals surface area (Å²) in [7, 11) is 1.50. The van der Waals surface area contributed by atoms with Gasteiger partial charge < -0.3 is 14.2 Å². The number of ether oxygens (including phenoxy) is 3. The minimum Gasteiger partial charge on any atom is -0.469 e. The Hall–Kier alpha value is -0.610. The van der Waals surface area contributed by atoms with Gasteiger partial charge in [0.1, 0.15) is 0 Å². The molecule has 4 heteroatoms. The summed E-state index contributed by atoms with van der Waals surface area (Å²) >= 11 is 0. The molecule has 0 N–H and O–H groups in total. The van der Waals surface area contributed by atoms with Gasteiger partial charge in [-0.15, -0.1) is 0 Å². The summed E-state index contributed by atoms with van der Waals surface area (Å²) in [6, 6.07) is 0. The van der Waals surface area contributed by atoms with Crippen molar-refractivity contribution in [3.8, 4) is 0 Å². The molecule has 0 fully saturated rings. The third kappa shape index (κ3) is 42.4. The summed E-state index contributed by atoms with van der Waals surface area (Å²) in [5.41, 5.74) is 0. The van der Waals surface area contributed by atoms with Crippen LogP contribution in [0, 0.1) is 0 Å². The first-order valence-electron chi connectivity index (χ1n) is 24.5. The number of carbonyl (C=O) groups excluding carboxylic acids is 1. The van der Waals surface area contributed by atoms with Crippen molar-refractivity contribution in [1.29, 1.82) is 0 Å². The fraction of sp³-hybridized carbons (Fsp3) is 0.980. The summed E-state index contributed by atoms with van der Waals surface area (Å²) < 4.78 is 18.0. The topological polar surface area (TPSA) is 44.8 Å². The number of esters is 1. The lowest BCUT2D eigenvalue weighted by Crippen LogP contribution is -2.23. The van der Waals surface area contributed by atoms with Crippen molar-refractivity contribution in [3.63, 3.8) is 0 Å². The monoisotopic (exact) mass is 751 g/mol. The van der Waals surface area contributed by atoms with Crippen LogP contribution in [0.5, 0.6) is 0 Å². The fourth-order valence-corrected chi connectivity index (χ4v) is 7.80. The summed E-state index contributed by atoms with van der Waals surface area (Å²) in [5, 5.41) is 0. The lowest BCUT2D eigenvalue weighted by atomic mass is 10.0. The summed E-state index contributed by atoms with van der Waals surface area (Å²) in [6.45, 7) is 8.51. The highest BCUT2D eigenvalue weighted by Crippen LogP contribution is 2.20. The van der Waals surface area contributed by atoms with Crippen molar-refractivity contribution in [2.75, 3.05) is 20.3 Å². The molecule has 2 atom stereocenters. The number of hydrogen-bond donors (Lipinski definition) is 0. The molecule has 0 heterocycles. The molecule has 53 heavy (non-hydrogen) atoms. The molecule has 0 spiro atoms. The molecule has 0 rings (SSSR count). The molecule has 318 valence electrons. The maximum absolute atomic E-state index is 12.3. The standard InChI is InChI=1S/C49H98O4/c1-5-8-11-14-17-20-23-26-29-32-35-38-41-47(52-44-39-36-33-30-27-24-21-18-15-12-9-6-2)42-43-48(46-49(50)51-4)53-45-40-37-34-31-28-25-22-19-16-13-10-7-3/h47-48H,5-46H2,1-4H3/t47-,48-/m1/s1. The van der Waals surface area contributed by atoms with Gasteiger partial charge >= 0.3 is 5.97 Å². The highest BCUT2D eigenvalue weighted by molar-refractivity contribution is 5.69. The second-order valence-electron chi connectivity index (χ2n) is 16.8. The Kier molecular flexibility index (Phi) is 45.3. The molecule has 0 aromatic rings. The van der Waals surface area contributed by atoms with E-state index in [9.17, 15) is 4.79 Å². The van der Waals surface area contributed by atoms with Crippen molar-refractivity contribution in [1.82, 2.24) is 0 Å². The van der Waals surface area contributed by atoms with E-state index in [0.29, 0.717) is 6.42 Å². The van der Waals surface area contributed by atoms with Crippen molar-refractivity contribution in [2.45, 2.75) is 290 Å². The Labute approximate surface area is 334 Å². The molecule has 4 nitrogen and oxygen atoms in total. The first-order chi connectivity index (χ1) is 26.2. The number of unbranched alkanes of at least 4 members (excludes halogenated alkanes) is 33. The van der Waals surface area contributed by atoms with Gasteiger partial charge in [0.2, 0.25) is 0 Å². The molecule has 0 saturated carbocycles. The number of methoxy groups -OCH3 is 1. The van der Waals surface area contributed by atoms with Gasteiger partial charge in [-0.25, -0.2) is 0 Å². The van der Waals surface area contributed by atoms with Gasteiger partial charge in [0.15, 0.2) is 0 Å². The van der Waals surface area contributed by atoms with Crippen LogP contribution in [0.3, 0.4) is 0 Å². The van der Waals surface area contributed by atoms with Gasteiger partial charge in [0.05, 0.1) is 25.7 Å². The van der Waals surface area contributed by atoms with Gasteiger partial charge in [0.25, 0.3) is 0 Å². The summed E-state index contributed by atoms with van der Waals surface area (Å²) in [5.74, 6) is -0.153. The SMILES string of the molecule is CCCCCCCCCCCCCCO[C@H](CCCCCCCCCCCCCC)CC[C@H](CC(=O)OC)OCCCCCCCCCCCCCC. The Bertz CT molecular complexity index is 681. The molecule has 0 aromatic heterocycles. The molecular weight excluding hydrogens is 653 g/mol. The zero-order valence-corrected chi connectivity index (χ0v) is 37.0. The van der Waals surface area contributed by atoms with Crippen LogP contribution in [-0.4, -0.2) is 38.5 Å². The van der Waals surface area contributed by atoms with E-state index in [1.807, 2.05) is 0 Å². The minimum atomic E-state index is -0.153. The van der Waals surface area contributed by atoms with E-state index in [4.69, 9.17) is 14.2 Å². The Morgan fingerprint density at radius 3 is 0.925 bits per heavy atom. The van der Waals surface area contributed by atoms with Crippen molar-refractivity contribution in [2.24, 2.45) is 0 Å². The van der Waals surface area contributed by atoms with Crippen LogP contribution in [-0.2, 0) is 19.0 Å². The van der Waals surface area contributed by atoms with Crippen LogP contribution in [0.2, 0.25) is 0 Å². The van der Waals surface area contributed by atoms with Crippen LogP contribution in [0.4, 0.5) is 0 Å². The predicted octanol–water partition coefficient (Wildman–Crippen LogP) is 16.6. The lowest BCUT2D eigenvalue weighted by molar-refractivity contribution is -0.144. The average molecular weight is 751 g/mol. The maximum Gasteiger partial charge on any atom is 0.308 e. The van der Waals surface area contributed by atoms with Gasteiger partial charge in [-0.3, -0.25) is 4.79 Å². The third-order valence-corrected chi connectivity index (χ3v) is 11.5. The zero-order chi connectivity index (χ0) is 38.6. The van der Waals surface area contributed by atoms with Crippen LogP contribution < -0.4 is 0 Å². The average Bonchev–Trinajstić information content (AvgIpc) is 3.17. The van der Waals surface area contributed by atoms with E-state index < -0.39 is 0 Å². The molecule has 0 aliphatic carbocycles. The maximum atomic E-state index is 12.3. The van der Waals surface area contributed by atoms with Crippen LogP contribution >= 0.6 is 0 Å². The molecule has 0 aromatic carbocycles. The Morgan fingerprint density at radius 2 is 0.604 bits per heavy atom. The van der Waals surface area contributed by atoms with E-state index in [2.05, 4.69) is 20.8 Å². The first kappa shape index (κ1) is 52.4. The van der Waals surface area contributed by atoms with E-state index in [0.717, 1.165) is 38.9 Å². The molecule has 0 aliphatic heterocycles. The van der Waals surface area contributed by atoms with Gasteiger partial charge in [-0.2, -0.15) is 0 Å². The molecule has 0 saturated heterocycles. The minimum absolute atomic E-state index is 0.0603. The molecule has 0 unspecified atom stereocenters. The highest BCUT2D eigenvalue weighted by atomic mass is 16.5. The molecular formula is C49H98O4. The molecule has 0 aliphatic rings. The quantitative estimate of drug-likeness (QED) is 0.0459. The summed E-state index contributed by atoms with van der Waals surface area (Å²) in [4.78, 5) is 12.3. The van der Waals surface area contributed by atoms with E-state index >= 15 is 0 Å². The lowest BCUT2D eigenvalue weighted by Gasteiger charge is -2.22. The third-order valence-electron chi connectivity index (χ3n) is 11.5. The predicted molar refractivity (Wildman–Crippen MR) is 233 cm³/mol. The van der Waals surface area contributed by atoms with Gasteiger partial charge in [-0.05, 0) is 32.1 Å². The van der Waals surface area contributed by atoms with Crippen molar-refractivity contribution in [3.05, 3.63) is 0 Å². The number of hydrogen-bond acceptors (Lipinski definition) is 4. The van der Waals surface area contributed by atoms with Gasteiger partial charge in [0, 0.05) is 13.2 Å². The normalized spacial score (nSPS) is 12.8. The second-order valence-corrected chi connectivity index (χ2v) is 16.8. The second kappa shape index (κ2) is 45.8.